The summed E-state index contributed by atoms with van der Waals surface area (Å²) in [6.07, 6.45) is 0. The summed E-state index contributed by atoms with van der Waals surface area (Å²) in [5, 5.41) is 9.93. The van der Waals surface area contributed by atoms with Crippen LogP contribution in [0.1, 0.15) is 5.56 Å². The lowest BCUT2D eigenvalue weighted by Crippen LogP contribution is -2.21. The minimum absolute atomic E-state index is 0.221. The number of nitrogens with zero attached hydrogens (tertiary/aromatic N) is 1. The maximum absolute atomic E-state index is 11.0. The van der Waals surface area contributed by atoms with Gasteiger partial charge < -0.3 is 5.11 Å². The van der Waals surface area contributed by atoms with E-state index in [9.17, 15) is 13.2 Å². The number of hydrogen-bond donors (Lipinski definition) is 1. The predicted molar refractivity (Wildman–Crippen MR) is 90.7 cm³/mol. The minimum Gasteiger partial charge on any atom is -0.476 e. The Balaban J connectivity index is 0.000000229. The van der Waals surface area contributed by atoms with E-state index in [1.54, 1.807) is 0 Å². The van der Waals surface area contributed by atoms with Gasteiger partial charge in [0.15, 0.2) is 5.71 Å². The highest BCUT2D eigenvalue weighted by Crippen LogP contribution is 2.29. The normalized spacial score (nSPS) is 11.9. The highest BCUT2D eigenvalue weighted by atomic mass is 35.5. The summed E-state index contributed by atoms with van der Waals surface area (Å²) in [7, 11) is -2.66. The van der Waals surface area contributed by atoms with E-state index in [2.05, 4.69) is 4.99 Å². The lowest BCUT2D eigenvalue weighted by atomic mass is 10.1. The molecule has 3 rings (SSSR count). The van der Waals surface area contributed by atoms with E-state index in [0.717, 1.165) is 5.02 Å². The van der Waals surface area contributed by atoms with E-state index in [0.29, 0.717) is 10.7 Å². The average Bonchev–Trinajstić information content (AvgIpc) is 2.87. The van der Waals surface area contributed by atoms with Crippen LogP contribution in [0.25, 0.3) is 0 Å². The van der Waals surface area contributed by atoms with Crippen LogP contribution in [0.2, 0.25) is 10.0 Å². The Morgan fingerprint density at radius 3 is 2.13 bits per heavy atom. The molecule has 5 nitrogen and oxygen atoms in total. The zero-order valence-electron chi connectivity index (χ0n) is 11.4. The Hall–Kier alpha value is -2.15. The molecule has 0 amide bonds. The number of aliphatic carboxylic acids is 1. The standard InChI is InChI=1S/C9H4ClNO4S.C6H5Cl/c10-4-1-2-6-5(3-4)8(16(14)15)7(11-6)9(12)13;7-6-4-2-1-3-5-6/h1-3H,(H,12,13);1-5H. The first kappa shape index (κ1) is 17.2. The van der Waals surface area contributed by atoms with E-state index in [1.807, 2.05) is 30.3 Å². The molecule has 23 heavy (non-hydrogen) atoms. The second-order valence-corrected chi connectivity index (χ2v) is 6.04. The van der Waals surface area contributed by atoms with Crippen LogP contribution >= 0.6 is 23.2 Å². The van der Waals surface area contributed by atoms with Crippen LogP contribution in [0, 0.1) is 0 Å². The molecule has 2 aromatic rings. The van der Waals surface area contributed by atoms with Gasteiger partial charge in [-0.3, -0.25) is 0 Å². The van der Waals surface area contributed by atoms with Crippen molar-refractivity contribution < 1.29 is 18.3 Å². The highest BCUT2D eigenvalue weighted by Gasteiger charge is 2.29. The first-order valence-corrected chi connectivity index (χ1v) is 8.02. The van der Waals surface area contributed by atoms with Gasteiger partial charge in [-0.25, -0.2) is 9.79 Å². The third kappa shape index (κ3) is 4.19. The van der Waals surface area contributed by atoms with E-state index in [4.69, 9.17) is 28.3 Å². The van der Waals surface area contributed by atoms with Crippen molar-refractivity contribution in [1.82, 2.24) is 0 Å². The van der Waals surface area contributed by atoms with E-state index < -0.39 is 22.0 Å². The number of carboxylic acid groups (broad SMARTS) is 1. The van der Waals surface area contributed by atoms with Gasteiger partial charge >= 0.3 is 5.97 Å². The Bertz CT molecular complexity index is 914. The smallest absolute Gasteiger partial charge is 0.356 e. The first-order valence-electron chi connectivity index (χ1n) is 6.19. The molecule has 0 aromatic heterocycles. The van der Waals surface area contributed by atoms with Crippen molar-refractivity contribution in [2.75, 3.05) is 0 Å². The Morgan fingerprint density at radius 1 is 1.00 bits per heavy atom. The van der Waals surface area contributed by atoms with Crippen LogP contribution < -0.4 is 0 Å². The van der Waals surface area contributed by atoms with E-state index in [-0.39, 0.29) is 10.4 Å². The highest BCUT2D eigenvalue weighted by molar-refractivity contribution is 7.75. The Labute approximate surface area is 143 Å². The van der Waals surface area contributed by atoms with Crippen LogP contribution in [0.3, 0.4) is 0 Å². The number of hydrogen-bond acceptors (Lipinski definition) is 4. The van der Waals surface area contributed by atoms with Crippen LogP contribution in [-0.2, 0) is 15.1 Å². The van der Waals surface area contributed by atoms with Crippen LogP contribution in [-0.4, -0.2) is 30.1 Å². The number of carbonyl (C=O) groups is 1. The van der Waals surface area contributed by atoms with Gasteiger partial charge in [-0.05, 0) is 30.3 Å². The summed E-state index contributed by atoms with van der Waals surface area (Å²) < 4.78 is 21.9. The summed E-state index contributed by atoms with van der Waals surface area (Å²) in [5.41, 5.74) is 0.0323. The first-order chi connectivity index (χ1) is 10.9. The van der Waals surface area contributed by atoms with Crippen molar-refractivity contribution in [3.63, 3.8) is 0 Å². The fourth-order valence-electron chi connectivity index (χ4n) is 1.81. The van der Waals surface area contributed by atoms with Crippen molar-refractivity contribution in [3.8, 4) is 0 Å². The van der Waals surface area contributed by atoms with Crippen molar-refractivity contribution in [2.24, 2.45) is 4.99 Å². The molecule has 0 spiro atoms. The van der Waals surface area contributed by atoms with E-state index in [1.165, 1.54) is 18.2 Å². The molecule has 0 saturated heterocycles. The number of carboxylic acids is 1. The summed E-state index contributed by atoms with van der Waals surface area (Å²) in [6, 6.07) is 13.8. The number of halogens is 2. The Morgan fingerprint density at radius 2 is 1.65 bits per heavy atom. The molecule has 8 heteroatoms. The summed E-state index contributed by atoms with van der Waals surface area (Å²) in [4.78, 5) is 14.2. The van der Waals surface area contributed by atoms with Crippen LogP contribution in [0.4, 0.5) is 5.69 Å². The fraction of sp³-hybridized carbons (Fsp3) is 0. The third-order valence-electron chi connectivity index (χ3n) is 2.75. The number of fused-ring (bicyclic) bond motifs is 1. The third-order valence-corrected chi connectivity index (χ3v) is 3.99. The summed E-state index contributed by atoms with van der Waals surface area (Å²) in [5.74, 6) is -1.38. The van der Waals surface area contributed by atoms with Crippen molar-refractivity contribution in [2.45, 2.75) is 0 Å². The minimum atomic E-state index is -2.66. The number of aliphatic imine (C=N–C) groups is 1. The van der Waals surface area contributed by atoms with Gasteiger partial charge in [0.2, 0.25) is 10.3 Å². The molecule has 0 fully saturated rings. The molecular formula is C15H9Cl2NO4S. The molecule has 1 heterocycles. The quantitative estimate of drug-likeness (QED) is 0.781. The second-order valence-electron chi connectivity index (χ2n) is 4.29. The zero-order chi connectivity index (χ0) is 17.0. The fourth-order valence-corrected chi connectivity index (χ4v) is 2.77. The van der Waals surface area contributed by atoms with Gasteiger partial charge in [0.1, 0.15) is 4.86 Å². The number of rotatable bonds is 1. The average molecular weight is 370 g/mol. The molecule has 0 unspecified atom stereocenters. The SMILES string of the molecule is Clc1ccccc1.O=C(O)C1=Nc2ccc(Cl)cc2C1=S(=O)=O. The van der Waals surface area contributed by atoms with Crippen LogP contribution in [0.15, 0.2) is 53.5 Å². The molecule has 1 aliphatic rings. The van der Waals surface area contributed by atoms with Gasteiger partial charge in [-0.15, -0.1) is 0 Å². The molecule has 2 aromatic carbocycles. The lowest BCUT2D eigenvalue weighted by Gasteiger charge is -1.96. The van der Waals surface area contributed by atoms with Gasteiger partial charge in [0, 0.05) is 15.6 Å². The molecule has 0 radical (unpaired) electrons. The number of benzene rings is 2. The topological polar surface area (TPSA) is 83.8 Å². The second kappa shape index (κ2) is 7.41. The molecule has 1 N–H and O–H groups in total. The van der Waals surface area contributed by atoms with Crippen LogP contribution in [0.5, 0.6) is 0 Å². The lowest BCUT2D eigenvalue weighted by molar-refractivity contribution is -0.129. The van der Waals surface area contributed by atoms with Crippen molar-refractivity contribution >= 4 is 55.7 Å². The predicted octanol–water partition coefficient (Wildman–Crippen LogP) is 3.25. The van der Waals surface area contributed by atoms with Gasteiger partial charge in [-0.2, -0.15) is 8.42 Å². The molecule has 0 aliphatic carbocycles. The van der Waals surface area contributed by atoms with Gasteiger partial charge in [-0.1, -0.05) is 41.4 Å². The summed E-state index contributed by atoms with van der Waals surface area (Å²) >= 11 is 11.2. The maximum atomic E-state index is 11.0. The van der Waals surface area contributed by atoms with E-state index >= 15 is 0 Å². The Kier molecular flexibility index (Phi) is 5.54. The zero-order valence-corrected chi connectivity index (χ0v) is 13.7. The molecule has 118 valence electrons. The molecule has 0 saturated carbocycles. The van der Waals surface area contributed by atoms with Crippen molar-refractivity contribution in [1.29, 1.82) is 0 Å². The molecular weight excluding hydrogens is 361 g/mol. The maximum Gasteiger partial charge on any atom is 0.356 e. The monoisotopic (exact) mass is 369 g/mol. The molecule has 1 aliphatic heterocycles. The van der Waals surface area contributed by atoms with Crippen molar-refractivity contribution in [3.05, 3.63) is 64.1 Å². The molecule has 0 bridgehead atoms. The largest absolute Gasteiger partial charge is 0.476 e. The summed E-state index contributed by atoms with van der Waals surface area (Å²) in [6.45, 7) is 0. The van der Waals surface area contributed by atoms with Gasteiger partial charge in [0.25, 0.3) is 0 Å². The van der Waals surface area contributed by atoms with Gasteiger partial charge in [0.05, 0.1) is 5.69 Å². The molecule has 0 atom stereocenters.